The topological polar surface area (TPSA) is 87.5 Å². The summed E-state index contributed by atoms with van der Waals surface area (Å²) in [6.45, 7) is 5.24. The van der Waals surface area contributed by atoms with Crippen molar-refractivity contribution in [1.29, 1.82) is 0 Å². The summed E-state index contributed by atoms with van der Waals surface area (Å²) in [4.78, 5) is 14.8. The van der Waals surface area contributed by atoms with Crippen LogP contribution in [-0.2, 0) is 28.5 Å². The standard InChI is InChI=1S/C21H30ClN5O3S.Na.H/c1-15(2)17-8-16(9-18(22)11-17)10-21(28)24-31(29,30)27(20-12-23-26(4)13-20)14-19-6-5-7-25(19)3;;/h8-9,11-13,15,19H,5-7,10,14H2,1-4H3,(H,24,28);;/q;+1;-1/t19-;;/m0../s1. The Bertz CT molecular complexity index is 1050. The van der Waals surface area contributed by atoms with Crippen LogP contribution in [0.2, 0.25) is 5.02 Å². The zero-order valence-corrected chi connectivity index (χ0v) is 22.9. The van der Waals surface area contributed by atoms with Gasteiger partial charge in [-0.3, -0.25) is 9.48 Å². The Hall–Kier alpha value is -1.10. The number of halogens is 1. The summed E-state index contributed by atoms with van der Waals surface area (Å²) >= 11 is 6.18. The molecular weight excluding hydrogens is 461 g/mol. The van der Waals surface area contributed by atoms with Crippen molar-refractivity contribution in [2.75, 3.05) is 24.4 Å². The van der Waals surface area contributed by atoms with Gasteiger partial charge in [0.15, 0.2) is 0 Å². The van der Waals surface area contributed by atoms with E-state index in [-0.39, 0.29) is 55.9 Å². The van der Waals surface area contributed by atoms with Crippen LogP contribution in [-0.4, -0.2) is 55.2 Å². The van der Waals surface area contributed by atoms with Crippen LogP contribution in [0.25, 0.3) is 0 Å². The van der Waals surface area contributed by atoms with E-state index in [0.29, 0.717) is 16.3 Å². The van der Waals surface area contributed by atoms with Crippen LogP contribution in [0.3, 0.4) is 0 Å². The third-order valence-corrected chi connectivity index (χ3v) is 7.22. The first-order valence-electron chi connectivity index (χ1n) is 10.4. The maximum atomic E-state index is 13.2. The summed E-state index contributed by atoms with van der Waals surface area (Å²) < 4.78 is 31.4. The van der Waals surface area contributed by atoms with Crippen molar-refractivity contribution in [3.63, 3.8) is 0 Å². The van der Waals surface area contributed by atoms with Gasteiger partial charge in [0.05, 0.1) is 24.8 Å². The average Bonchev–Trinajstić information content (AvgIpc) is 3.26. The second-order valence-electron chi connectivity index (χ2n) is 8.43. The molecule has 1 aliphatic heterocycles. The number of aromatic nitrogens is 2. The number of hydrogen-bond donors (Lipinski definition) is 1. The van der Waals surface area contributed by atoms with Crippen LogP contribution in [0.5, 0.6) is 0 Å². The minimum Gasteiger partial charge on any atom is -1.00 e. The Kier molecular flexibility index (Phi) is 9.63. The van der Waals surface area contributed by atoms with E-state index in [1.54, 1.807) is 19.3 Å². The van der Waals surface area contributed by atoms with Gasteiger partial charge in [0.1, 0.15) is 0 Å². The van der Waals surface area contributed by atoms with Crippen molar-refractivity contribution in [1.82, 2.24) is 19.4 Å². The summed E-state index contributed by atoms with van der Waals surface area (Å²) in [5.74, 6) is -0.362. The number of likely N-dealkylation sites (N-methyl/N-ethyl adjacent to an activating group) is 1. The van der Waals surface area contributed by atoms with Crippen molar-refractivity contribution < 1.29 is 44.2 Å². The van der Waals surface area contributed by atoms with Gasteiger partial charge in [0.25, 0.3) is 0 Å². The molecule has 1 amide bonds. The minimum absolute atomic E-state index is 0. The number of benzene rings is 1. The number of amides is 1. The molecule has 1 N–H and O–H groups in total. The van der Waals surface area contributed by atoms with Gasteiger partial charge in [-0.2, -0.15) is 13.5 Å². The summed E-state index contributed by atoms with van der Waals surface area (Å²) in [5.41, 5.74) is 2.10. The molecule has 2 heterocycles. The van der Waals surface area contributed by atoms with Gasteiger partial charge in [0, 0.05) is 24.3 Å². The predicted octanol–water partition coefficient (Wildman–Crippen LogP) is -0.182. The summed E-state index contributed by atoms with van der Waals surface area (Å²) in [5, 5.41) is 4.62. The van der Waals surface area contributed by atoms with E-state index < -0.39 is 16.1 Å². The Morgan fingerprint density at radius 3 is 2.62 bits per heavy atom. The smallest absolute Gasteiger partial charge is 1.00 e. The monoisotopic (exact) mass is 491 g/mol. The molecule has 1 aromatic heterocycles. The molecule has 0 radical (unpaired) electrons. The molecule has 32 heavy (non-hydrogen) atoms. The molecule has 0 unspecified atom stereocenters. The van der Waals surface area contributed by atoms with Crippen molar-refractivity contribution >= 4 is 33.4 Å². The van der Waals surface area contributed by atoms with Crippen LogP contribution in [0.4, 0.5) is 5.69 Å². The normalized spacial score (nSPS) is 16.8. The average molecular weight is 492 g/mol. The minimum atomic E-state index is -4.11. The van der Waals surface area contributed by atoms with E-state index >= 15 is 0 Å². The molecule has 3 rings (SSSR count). The number of nitrogens with zero attached hydrogens (tertiary/aromatic N) is 4. The fourth-order valence-electron chi connectivity index (χ4n) is 3.81. The van der Waals surface area contributed by atoms with Crippen LogP contribution >= 0.6 is 11.6 Å². The zero-order valence-electron chi connectivity index (χ0n) is 20.4. The molecular formula is C21H31ClN5NaO3S. The second-order valence-corrected chi connectivity index (χ2v) is 10.5. The van der Waals surface area contributed by atoms with Crippen molar-refractivity contribution in [2.45, 2.75) is 45.1 Å². The fourth-order valence-corrected chi connectivity index (χ4v) is 5.29. The van der Waals surface area contributed by atoms with Gasteiger partial charge in [0.2, 0.25) is 5.91 Å². The predicted molar refractivity (Wildman–Crippen MR) is 124 cm³/mol. The van der Waals surface area contributed by atoms with E-state index in [1.165, 1.54) is 15.2 Å². The SMILES string of the molecule is CC(C)c1cc(Cl)cc(CC(=O)NS(=O)(=O)N(C[C@@H]2CCCN2C)c2cnn(C)c2)c1.[H-].[Na+]. The molecule has 0 bridgehead atoms. The maximum Gasteiger partial charge on any atom is 1.00 e. The molecule has 1 aromatic carbocycles. The van der Waals surface area contributed by atoms with Gasteiger partial charge in [-0.25, -0.2) is 9.03 Å². The van der Waals surface area contributed by atoms with Crippen LogP contribution in [0.1, 0.15) is 45.2 Å². The molecule has 1 fully saturated rings. The van der Waals surface area contributed by atoms with Gasteiger partial charge >= 0.3 is 39.8 Å². The molecule has 0 spiro atoms. The first-order valence-corrected chi connectivity index (χ1v) is 12.2. The van der Waals surface area contributed by atoms with Crippen molar-refractivity contribution in [3.8, 4) is 0 Å². The maximum absolute atomic E-state index is 13.2. The molecule has 8 nitrogen and oxygen atoms in total. The number of anilines is 1. The van der Waals surface area contributed by atoms with Crippen LogP contribution in [0, 0.1) is 0 Å². The summed E-state index contributed by atoms with van der Waals surface area (Å²) in [6.07, 6.45) is 4.96. The van der Waals surface area contributed by atoms with E-state index in [1.807, 2.05) is 33.0 Å². The van der Waals surface area contributed by atoms with Gasteiger partial charge < -0.3 is 6.33 Å². The fraction of sp³-hybridized carbons (Fsp3) is 0.524. The Morgan fingerprint density at radius 2 is 2.06 bits per heavy atom. The molecule has 1 saturated heterocycles. The Balaban J connectivity index is 0.00000272. The molecule has 0 aliphatic carbocycles. The van der Waals surface area contributed by atoms with Crippen LogP contribution < -0.4 is 38.6 Å². The van der Waals surface area contributed by atoms with Gasteiger partial charge in [-0.15, -0.1) is 0 Å². The number of nitrogens with one attached hydrogen (secondary N) is 1. The van der Waals surface area contributed by atoms with E-state index in [4.69, 9.17) is 11.6 Å². The molecule has 1 atom stereocenters. The largest absolute Gasteiger partial charge is 1.00 e. The van der Waals surface area contributed by atoms with Crippen molar-refractivity contribution in [2.24, 2.45) is 7.05 Å². The second kappa shape index (κ2) is 11.4. The molecule has 1 aliphatic rings. The number of aryl methyl sites for hydroxylation is 1. The molecule has 11 heteroatoms. The van der Waals surface area contributed by atoms with E-state index in [9.17, 15) is 13.2 Å². The molecule has 2 aromatic rings. The Labute approximate surface area is 219 Å². The van der Waals surface area contributed by atoms with Crippen LogP contribution in [0.15, 0.2) is 30.6 Å². The first kappa shape index (κ1) is 27.1. The third-order valence-electron chi connectivity index (χ3n) is 5.57. The number of hydrogen-bond acceptors (Lipinski definition) is 5. The van der Waals surface area contributed by atoms with Gasteiger partial charge in [-0.1, -0.05) is 31.5 Å². The van der Waals surface area contributed by atoms with E-state index in [0.717, 1.165) is 24.9 Å². The number of rotatable bonds is 8. The first-order chi connectivity index (χ1) is 14.5. The quantitative estimate of drug-likeness (QED) is 0.518. The Morgan fingerprint density at radius 1 is 1.34 bits per heavy atom. The third kappa shape index (κ3) is 6.95. The molecule has 0 saturated carbocycles. The van der Waals surface area contributed by atoms with E-state index in [2.05, 4.69) is 14.7 Å². The number of carbonyl (C=O) groups excluding carboxylic acids is 1. The number of likely N-dealkylation sites (tertiary alicyclic amines) is 1. The summed E-state index contributed by atoms with van der Waals surface area (Å²) in [7, 11) is -0.404. The zero-order chi connectivity index (χ0) is 22.8. The summed E-state index contributed by atoms with van der Waals surface area (Å²) in [6, 6.07) is 5.50. The molecule has 172 valence electrons. The number of carbonyl (C=O) groups is 1. The van der Waals surface area contributed by atoms with Crippen molar-refractivity contribution in [3.05, 3.63) is 46.7 Å². The van der Waals surface area contributed by atoms with Gasteiger partial charge in [-0.05, 0) is 55.6 Å².